The fourth-order valence-corrected chi connectivity index (χ4v) is 15.8. The number of alkyl carbamates (subject to hydrolysis) is 1. The Morgan fingerprint density at radius 3 is 2.40 bits per heavy atom. The van der Waals surface area contributed by atoms with Gasteiger partial charge in [-0.1, -0.05) is 77.1 Å². The van der Waals surface area contributed by atoms with Crippen molar-refractivity contribution < 1.29 is 72.5 Å². The maximum atomic E-state index is 14.0. The molecule has 20 nitrogen and oxygen atoms in total. The first-order valence-electron chi connectivity index (χ1n) is 31.8. The molecule has 9 aliphatic rings. The van der Waals surface area contributed by atoms with E-state index in [1.54, 1.807) is 24.3 Å². The Morgan fingerprint density at radius 1 is 0.954 bits per heavy atom. The number of allylic oxidation sites excluding steroid dienone is 4. The number of esters is 1. The van der Waals surface area contributed by atoms with Crippen LogP contribution in [0.1, 0.15) is 157 Å². The molecule has 3 aliphatic heterocycles. The molecule has 9 N–H and O–H groups in total. The van der Waals surface area contributed by atoms with Gasteiger partial charge in [0, 0.05) is 30.6 Å². The van der Waals surface area contributed by atoms with E-state index >= 15 is 0 Å². The first kappa shape index (κ1) is 63.9. The van der Waals surface area contributed by atoms with Gasteiger partial charge in [0.15, 0.2) is 6.10 Å². The van der Waals surface area contributed by atoms with Gasteiger partial charge in [0.2, 0.25) is 11.8 Å². The van der Waals surface area contributed by atoms with Crippen molar-refractivity contribution in [3.05, 3.63) is 88.6 Å². The number of rotatable bonds is 23. The average molecular weight is 1210 g/mol. The topological polar surface area (TPSA) is 299 Å². The summed E-state index contributed by atoms with van der Waals surface area (Å²) in [6.07, 6.45) is 14.4. The van der Waals surface area contributed by atoms with E-state index in [9.17, 15) is 44.1 Å². The molecule has 20 heteroatoms. The highest BCUT2D eigenvalue weighted by molar-refractivity contribution is 5.99. The van der Waals surface area contributed by atoms with Gasteiger partial charge in [0.05, 0.1) is 31.0 Å². The number of nitrogens with two attached hydrogens (primary N) is 1. The van der Waals surface area contributed by atoms with E-state index in [1.165, 1.54) is 19.4 Å². The zero-order valence-corrected chi connectivity index (χ0v) is 51.8. The van der Waals surface area contributed by atoms with Crippen molar-refractivity contribution in [1.29, 1.82) is 0 Å². The average Bonchev–Trinajstić information content (AvgIpc) is 1.55. The number of hydrogen-bond acceptors (Lipinski definition) is 15. The van der Waals surface area contributed by atoms with Crippen LogP contribution in [0, 0.1) is 46.3 Å². The molecule has 15 atom stereocenters. The van der Waals surface area contributed by atoms with E-state index in [2.05, 4.69) is 66.8 Å². The number of fused-ring (bicyclic) bond motifs is 4. The Balaban J connectivity index is 0.730. The highest BCUT2D eigenvalue weighted by Crippen LogP contribution is 2.66. The van der Waals surface area contributed by atoms with Gasteiger partial charge >= 0.3 is 24.2 Å². The molecule has 0 aromatic heterocycles. The van der Waals surface area contributed by atoms with Crippen LogP contribution in [0.2, 0.25) is 0 Å². The predicted molar refractivity (Wildman–Crippen MR) is 322 cm³/mol. The van der Waals surface area contributed by atoms with E-state index in [0.29, 0.717) is 67.4 Å². The van der Waals surface area contributed by atoms with E-state index in [-0.39, 0.29) is 91.7 Å². The Labute approximate surface area is 511 Å². The van der Waals surface area contributed by atoms with Gasteiger partial charge in [-0.05, 0) is 191 Å². The summed E-state index contributed by atoms with van der Waals surface area (Å²) in [5.74, 6) is -0.540. The number of ether oxygens (including phenoxy) is 6. The molecule has 10 rings (SSSR count). The van der Waals surface area contributed by atoms with Crippen LogP contribution < -0.4 is 27.0 Å². The summed E-state index contributed by atoms with van der Waals surface area (Å²) in [5, 5.41) is 44.2. The molecule has 7 fully saturated rings. The van der Waals surface area contributed by atoms with Crippen LogP contribution in [0.4, 0.5) is 20.1 Å². The number of carbonyl (C=O) groups is 6. The molecule has 3 heterocycles. The number of benzene rings is 1. The largest absolute Gasteiger partial charge is 0.509 e. The van der Waals surface area contributed by atoms with Crippen molar-refractivity contribution in [3.8, 4) is 0 Å². The number of aliphatic hydroxyl groups excluding tert-OH is 2. The minimum atomic E-state index is -1.52. The number of carbonyl (C=O) groups excluding carboxylic acids is 6. The van der Waals surface area contributed by atoms with Crippen molar-refractivity contribution >= 4 is 41.8 Å². The standard InChI is InChI=1S/C67H93N5O15/c1-37(2)66(81,32-46-34-82-46)58(67-36-64(7)27-25-47-48(35-83-57(47)76)51(64)31-55(67)87-67)86-62(80)84-33-40-14-20-44(21-15-40)70-56(75)52(12-10-28-69-60(68)78)71-59(77)63(5,6)72-61(79)85-54(42-17-18-42)24-13-38(3)49-22-23-50-41(11-9-26-65(49,50)8)16-19-43-29-45(73)30-53(74)39(43)4/h13-16,19-21,24,37-38,42,45-46,49-55,58,73-74,81H,4,9-12,17-18,22-23,25-36H2,1-3,5-8H3,(H,70,75)(H,71,77)(H,72,79)(H3,68,69,78)/b24-13+,41-16+,43-19-/t38-,45+,46-,49?,50?,51-,52?,53-,54?,55-,58+,64+,65+,66+,67+/m0/s1. The number of hydrogen-bond donors (Lipinski definition) is 8. The number of primary amides is 1. The number of urea groups is 1. The molecule has 87 heavy (non-hydrogen) atoms. The fourth-order valence-electron chi connectivity index (χ4n) is 15.8. The smallest absolute Gasteiger partial charge is 0.458 e. The molecule has 0 radical (unpaired) electrons. The van der Waals surface area contributed by atoms with Crippen molar-refractivity contribution in [1.82, 2.24) is 16.0 Å². The SMILES string of the molecule is C=C1/C(=C\C=C2/CCC[C@@]3(C)C2CCC3[C@@H](C)/C=C/C(OC(=O)NC(C)(C)C(=O)NC(CCCNC(N)=O)C(=O)Nc2ccc(COC(=O)O[C@@H]([C@@]34C[C@@]5(C)CCC6=C(COC6=O)[C@@H]5C[C@@H]3O4)[C@@](O)(C[C@H]3CO3)C(C)C)cc2)C2CC2)C[C@@H](O)C[C@@H]1O. The van der Waals surface area contributed by atoms with Crippen molar-refractivity contribution in [3.63, 3.8) is 0 Å². The Kier molecular flexibility index (Phi) is 18.7. The molecular weight excluding hydrogens is 1110 g/mol. The van der Waals surface area contributed by atoms with E-state index in [0.717, 1.165) is 68.1 Å². The Morgan fingerprint density at radius 2 is 1.70 bits per heavy atom. The minimum Gasteiger partial charge on any atom is -0.458 e. The molecule has 1 aromatic carbocycles. The summed E-state index contributed by atoms with van der Waals surface area (Å²) >= 11 is 0. The maximum Gasteiger partial charge on any atom is 0.509 e. The summed E-state index contributed by atoms with van der Waals surface area (Å²) in [7, 11) is 0. The predicted octanol–water partition coefficient (Wildman–Crippen LogP) is 8.57. The molecule has 5 saturated carbocycles. The number of aliphatic hydroxyl groups is 3. The normalized spacial score (nSPS) is 33.0. The van der Waals surface area contributed by atoms with Gasteiger partial charge in [-0.25, -0.2) is 19.2 Å². The lowest BCUT2D eigenvalue weighted by Gasteiger charge is -2.49. The summed E-state index contributed by atoms with van der Waals surface area (Å²) < 4.78 is 35.6. The molecule has 6 aliphatic carbocycles. The Hall–Kier alpha value is -6.06. The molecule has 0 spiro atoms. The van der Waals surface area contributed by atoms with Crippen LogP contribution in [0.3, 0.4) is 0 Å². The summed E-state index contributed by atoms with van der Waals surface area (Å²) in [6.45, 7) is 18.5. The lowest BCUT2D eigenvalue weighted by atomic mass is 9.55. The fraction of sp³-hybridized carbons (Fsp3) is 0.672. The van der Waals surface area contributed by atoms with Crippen molar-refractivity contribution in [2.24, 2.45) is 52.1 Å². The van der Waals surface area contributed by atoms with Crippen LogP contribution in [0.15, 0.2) is 83.0 Å². The van der Waals surface area contributed by atoms with Crippen LogP contribution in [-0.4, -0.2) is 131 Å². The van der Waals surface area contributed by atoms with Gasteiger partial charge < -0.3 is 70.7 Å². The minimum absolute atomic E-state index is 0.0638. The van der Waals surface area contributed by atoms with Gasteiger partial charge in [-0.15, -0.1) is 0 Å². The monoisotopic (exact) mass is 1210 g/mol. The molecule has 476 valence electrons. The highest BCUT2D eigenvalue weighted by Gasteiger charge is 2.74. The third kappa shape index (κ3) is 14.0. The Bertz CT molecular complexity index is 2950. The molecule has 1 aromatic rings. The molecule has 5 amide bonds. The number of amides is 5. The summed E-state index contributed by atoms with van der Waals surface area (Å²) in [5.41, 5.74) is 6.84. The van der Waals surface area contributed by atoms with E-state index in [1.807, 2.05) is 19.9 Å². The second-order valence-corrected chi connectivity index (χ2v) is 28.1. The van der Waals surface area contributed by atoms with E-state index < -0.39 is 77.3 Å². The van der Waals surface area contributed by atoms with Crippen LogP contribution in [0.25, 0.3) is 0 Å². The lowest BCUT2D eigenvalue weighted by Crippen LogP contribution is -2.60. The lowest BCUT2D eigenvalue weighted by molar-refractivity contribution is -0.161. The van der Waals surface area contributed by atoms with Gasteiger partial charge in [0.1, 0.15) is 42.1 Å². The van der Waals surface area contributed by atoms with Crippen molar-refractivity contribution in [2.45, 2.75) is 217 Å². The van der Waals surface area contributed by atoms with Gasteiger partial charge in [0.25, 0.3) is 0 Å². The number of nitrogens with one attached hydrogen (secondary N) is 4. The summed E-state index contributed by atoms with van der Waals surface area (Å²) in [4.78, 5) is 79.6. The molecule has 0 bridgehead atoms. The van der Waals surface area contributed by atoms with Crippen LogP contribution >= 0.6 is 0 Å². The molecular formula is C67H93N5O15. The third-order valence-corrected chi connectivity index (χ3v) is 21.3. The van der Waals surface area contributed by atoms with Gasteiger partial charge in [-0.2, -0.15) is 0 Å². The number of anilines is 1. The van der Waals surface area contributed by atoms with Crippen LogP contribution in [-0.2, 0) is 49.4 Å². The first-order valence-corrected chi connectivity index (χ1v) is 31.8. The maximum absolute atomic E-state index is 14.0. The van der Waals surface area contributed by atoms with Gasteiger partial charge in [-0.3, -0.25) is 9.59 Å². The third-order valence-electron chi connectivity index (χ3n) is 21.3. The van der Waals surface area contributed by atoms with Crippen LogP contribution in [0.5, 0.6) is 0 Å². The molecule has 2 saturated heterocycles. The second kappa shape index (κ2) is 25.4. The quantitative estimate of drug-likeness (QED) is 0.0167. The van der Waals surface area contributed by atoms with Crippen molar-refractivity contribution in [2.75, 3.05) is 25.1 Å². The zero-order valence-electron chi connectivity index (χ0n) is 51.8. The second-order valence-electron chi connectivity index (χ2n) is 28.1. The molecule has 4 unspecified atom stereocenters. The first-order chi connectivity index (χ1) is 41.2. The highest BCUT2D eigenvalue weighted by atomic mass is 16.7. The number of cyclic esters (lactones) is 1. The summed E-state index contributed by atoms with van der Waals surface area (Å²) in [6, 6.07) is 4.73. The number of epoxide rings is 2. The zero-order chi connectivity index (χ0) is 62.4. The van der Waals surface area contributed by atoms with E-state index in [4.69, 9.17) is 34.2 Å².